The molecule has 0 aromatic heterocycles. The quantitative estimate of drug-likeness (QED) is 0.695. The van der Waals surface area contributed by atoms with Crippen molar-refractivity contribution in [3.63, 3.8) is 0 Å². The van der Waals surface area contributed by atoms with E-state index in [4.69, 9.17) is 19.6 Å². The number of rotatable bonds is 5. The molecule has 0 unspecified atom stereocenters. The van der Waals surface area contributed by atoms with Crippen molar-refractivity contribution in [1.82, 2.24) is 9.80 Å². The number of benzene rings is 1. The summed E-state index contributed by atoms with van der Waals surface area (Å²) in [5.41, 5.74) is 0.843. The number of aliphatic carboxylic acids is 1. The summed E-state index contributed by atoms with van der Waals surface area (Å²) in [6, 6.07) is 8.33. The average molecular weight is 482 g/mol. The minimum atomic E-state index is -5.08. The van der Waals surface area contributed by atoms with Crippen LogP contribution in [-0.4, -0.2) is 71.1 Å². The normalized spacial score (nSPS) is 28.6. The first-order chi connectivity index (χ1) is 16.0. The molecule has 0 bridgehead atoms. The Hall–Kier alpha value is -2.62. The highest BCUT2D eigenvalue weighted by Crippen LogP contribution is 2.51. The molecule has 1 saturated heterocycles. The van der Waals surface area contributed by atoms with E-state index in [0.717, 1.165) is 50.6 Å². The lowest BCUT2D eigenvalue weighted by molar-refractivity contribution is -0.192. The number of alkyl halides is 3. The van der Waals surface area contributed by atoms with Gasteiger partial charge in [0.2, 0.25) is 0 Å². The van der Waals surface area contributed by atoms with E-state index >= 15 is 0 Å². The molecule has 1 N–H and O–H groups in total. The molecule has 34 heavy (non-hydrogen) atoms. The Morgan fingerprint density at radius 2 is 1.85 bits per heavy atom. The van der Waals surface area contributed by atoms with Gasteiger partial charge in [-0.3, -0.25) is 19.6 Å². The number of amides is 1. The van der Waals surface area contributed by atoms with Crippen LogP contribution in [0.5, 0.6) is 5.75 Å². The molecule has 186 valence electrons. The number of carbonyl (C=O) groups is 2. The van der Waals surface area contributed by atoms with Gasteiger partial charge in [-0.25, -0.2) is 4.79 Å². The Balaban J connectivity index is 0.000000344. The number of carboxylic acid groups (broad SMARTS) is 1. The van der Waals surface area contributed by atoms with Crippen LogP contribution in [0.1, 0.15) is 38.2 Å². The molecule has 4 aliphatic rings. The number of ether oxygens (including phenoxy) is 1. The lowest BCUT2D eigenvalue weighted by Gasteiger charge is -2.28. The van der Waals surface area contributed by atoms with Crippen molar-refractivity contribution in [2.24, 2.45) is 22.7 Å². The van der Waals surface area contributed by atoms with E-state index in [1.165, 1.54) is 18.4 Å². The molecule has 1 spiro atoms. The van der Waals surface area contributed by atoms with Crippen molar-refractivity contribution in [3.05, 3.63) is 29.8 Å². The molecule has 2 aliphatic carbocycles. The lowest BCUT2D eigenvalue weighted by Crippen LogP contribution is -2.47. The third-order valence-corrected chi connectivity index (χ3v) is 7.34. The molecule has 0 radical (unpaired) electrons. The van der Waals surface area contributed by atoms with Gasteiger partial charge in [-0.15, -0.1) is 0 Å². The Kier molecular flexibility index (Phi) is 6.63. The first-order valence-corrected chi connectivity index (χ1v) is 11.6. The summed E-state index contributed by atoms with van der Waals surface area (Å²) in [6.45, 7) is 5.93. The second-order valence-electron chi connectivity index (χ2n) is 9.69. The summed E-state index contributed by atoms with van der Waals surface area (Å²) in [6.07, 6.45) is -0.475. The van der Waals surface area contributed by atoms with Gasteiger partial charge in [0.05, 0.1) is 7.11 Å². The predicted molar refractivity (Wildman–Crippen MR) is 118 cm³/mol. The highest BCUT2D eigenvalue weighted by molar-refractivity contribution is 6.07. The Morgan fingerprint density at radius 1 is 1.21 bits per heavy atom. The predicted octanol–water partition coefficient (Wildman–Crippen LogP) is 3.58. The number of fused-ring (bicyclic) bond motifs is 2. The van der Waals surface area contributed by atoms with E-state index in [0.29, 0.717) is 23.7 Å². The molecule has 2 aliphatic heterocycles. The van der Waals surface area contributed by atoms with Crippen molar-refractivity contribution in [2.45, 2.75) is 50.9 Å². The van der Waals surface area contributed by atoms with Crippen LogP contribution >= 0.6 is 0 Å². The first kappa shape index (κ1) is 24.5. The summed E-state index contributed by atoms with van der Waals surface area (Å²) >= 11 is 0. The zero-order valence-electron chi connectivity index (χ0n) is 19.3. The van der Waals surface area contributed by atoms with E-state index in [-0.39, 0.29) is 0 Å². The fourth-order valence-electron chi connectivity index (χ4n) is 5.46. The molecule has 10 heteroatoms. The summed E-state index contributed by atoms with van der Waals surface area (Å²) in [5, 5.41) is 7.12. The molecular weight excluding hydrogens is 451 g/mol. The average Bonchev–Trinajstić information content (AvgIpc) is 3.35. The molecule has 1 aromatic rings. The van der Waals surface area contributed by atoms with Crippen LogP contribution in [0.15, 0.2) is 29.3 Å². The van der Waals surface area contributed by atoms with Crippen LogP contribution in [-0.2, 0) is 16.1 Å². The van der Waals surface area contributed by atoms with Crippen LogP contribution in [0.25, 0.3) is 0 Å². The van der Waals surface area contributed by atoms with Gasteiger partial charge in [-0.2, -0.15) is 13.2 Å². The minimum Gasteiger partial charge on any atom is -0.497 e. The molecule has 3 atom stereocenters. The number of carbonyl (C=O) groups excluding carboxylic acids is 1. The second kappa shape index (κ2) is 9.20. The zero-order chi connectivity index (χ0) is 24.7. The third kappa shape index (κ3) is 4.92. The van der Waals surface area contributed by atoms with E-state index in [9.17, 15) is 18.0 Å². The van der Waals surface area contributed by atoms with Crippen molar-refractivity contribution < 1.29 is 32.6 Å². The standard InChI is InChI=1S/C22H29N3O2.C2HF3O2/c1-15-23-22(21(26)25(15)12-17-3-4-17)10-9-18-13-24(14-20(18)22)11-16-5-7-19(27-2)8-6-16;3-2(4,5)1(6)7/h5-8,17-18,20H,3-4,9-14H2,1-2H3;(H,6,7)/t18-,20+,22-;/m1./s1. The van der Waals surface area contributed by atoms with E-state index in [2.05, 4.69) is 17.0 Å². The highest BCUT2D eigenvalue weighted by Gasteiger charge is 2.60. The van der Waals surface area contributed by atoms with Crippen LogP contribution in [0, 0.1) is 17.8 Å². The summed E-state index contributed by atoms with van der Waals surface area (Å²) in [5.74, 6) is 1.08. The SMILES string of the molecule is COc1ccc(CN2C[C@H]3CC[C@@]4(N=C(C)N(CC5CC5)C4=O)[C@H]3C2)cc1.O=C(O)C(F)(F)F. The maximum Gasteiger partial charge on any atom is 0.490 e. The number of amidine groups is 1. The number of hydrogen-bond donors (Lipinski definition) is 1. The van der Waals surface area contributed by atoms with Gasteiger partial charge >= 0.3 is 12.1 Å². The number of likely N-dealkylation sites (tertiary alicyclic amines) is 1. The van der Waals surface area contributed by atoms with E-state index in [1.807, 2.05) is 24.0 Å². The van der Waals surface area contributed by atoms with Gasteiger partial charge in [-0.1, -0.05) is 12.1 Å². The smallest absolute Gasteiger partial charge is 0.490 e. The van der Waals surface area contributed by atoms with Gasteiger partial charge in [0.1, 0.15) is 17.1 Å². The molecule has 2 heterocycles. The van der Waals surface area contributed by atoms with Crippen molar-refractivity contribution in [1.29, 1.82) is 0 Å². The summed E-state index contributed by atoms with van der Waals surface area (Å²) < 4.78 is 37.0. The molecule has 3 fully saturated rings. The topological polar surface area (TPSA) is 82.4 Å². The zero-order valence-corrected chi connectivity index (χ0v) is 19.3. The van der Waals surface area contributed by atoms with Crippen LogP contribution in [0.4, 0.5) is 13.2 Å². The number of aliphatic imine (C=N–C) groups is 1. The number of halogens is 3. The van der Waals surface area contributed by atoms with Gasteiger partial charge in [-0.05, 0) is 62.1 Å². The molecule has 1 aromatic carbocycles. The third-order valence-electron chi connectivity index (χ3n) is 7.34. The van der Waals surface area contributed by atoms with Crippen LogP contribution in [0.2, 0.25) is 0 Å². The monoisotopic (exact) mass is 481 g/mol. The van der Waals surface area contributed by atoms with E-state index in [1.54, 1.807) is 7.11 Å². The Labute approximate surface area is 196 Å². The fourth-order valence-corrected chi connectivity index (χ4v) is 5.46. The first-order valence-electron chi connectivity index (χ1n) is 11.6. The van der Waals surface area contributed by atoms with Crippen molar-refractivity contribution in [2.75, 3.05) is 26.7 Å². The van der Waals surface area contributed by atoms with E-state index < -0.39 is 17.7 Å². The highest BCUT2D eigenvalue weighted by atomic mass is 19.4. The fraction of sp³-hybridized carbons (Fsp3) is 0.625. The van der Waals surface area contributed by atoms with Gasteiger partial charge < -0.3 is 9.84 Å². The molecule has 2 saturated carbocycles. The number of methoxy groups -OCH3 is 1. The van der Waals surface area contributed by atoms with Gasteiger partial charge in [0.25, 0.3) is 5.91 Å². The Bertz CT molecular complexity index is 961. The maximum absolute atomic E-state index is 13.4. The summed E-state index contributed by atoms with van der Waals surface area (Å²) in [4.78, 5) is 31.8. The molecule has 1 amide bonds. The Morgan fingerprint density at radius 3 is 2.41 bits per heavy atom. The van der Waals surface area contributed by atoms with Crippen LogP contribution in [0.3, 0.4) is 0 Å². The number of nitrogens with zero attached hydrogens (tertiary/aromatic N) is 3. The van der Waals surface area contributed by atoms with Crippen LogP contribution < -0.4 is 4.74 Å². The van der Waals surface area contributed by atoms with Gasteiger partial charge in [0.15, 0.2) is 0 Å². The van der Waals surface area contributed by atoms with Gasteiger partial charge in [0, 0.05) is 32.1 Å². The number of hydrogen-bond acceptors (Lipinski definition) is 5. The molecule has 5 rings (SSSR count). The minimum absolute atomic E-state index is 0.297. The maximum atomic E-state index is 13.4. The lowest BCUT2D eigenvalue weighted by atomic mass is 9.85. The molecular formula is C24H30F3N3O4. The van der Waals surface area contributed by atoms with Crippen molar-refractivity contribution in [3.8, 4) is 5.75 Å². The number of carboxylic acids is 1. The van der Waals surface area contributed by atoms with Crippen molar-refractivity contribution >= 4 is 17.7 Å². The molecule has 7 nitrogen and oxygen atoms in total. The second-order valence-corrected chi connectivity index (χ2v) is 9.69. The largest absolute Gasteiger partial charge is 0.497 e. The summed E-state index contributed by atoms with van der Waals surface area (Å²) in [7, 11) is 1.70.